The van der Waals surface area contributed by atoms with Crippen LogP contribution in [0.1, 0.15) is 16.7 Å². The Hall–Kier alpha value is -2.34. The van der Waals surface area contributed by atoms with E-state index >= 15 is 0 Å². The summed E-state index contributed by atoms with van der Waals surface area (Å²) in [4.78, 5) is 7.31. The van der Waals surface area contributed by atoms with Gasteiger partial charge in [-0.05, 0) is 57.8 Å². The molecule has 3 nitrogen and oxygen atoms in total. The standard InChI is InChI=1S/C23H22IN3/c24-21-12-6-7-13-22(21)26-23(25-16-18-8-2-1-3-9-18)27-15-14-19-10-4-5-11-20(19)17-27/h1-13H,14-17H2,(H,25,26). The lowest BCUT2D eigenvalue weighted by molar-refractivity contribution is 0.391. The van der Waals surface area contributed by atoms with Gasteiger partial charge in [0.15, 0.2) is 5.96 Å². The largest absolute Gasteiger partial charge is 0.338 e. The van der Waals surface area contributed by atoms with Crippen molar-refractivity contribution in [1.29, 1.82) is 0 Å². The molecular weight excluding hydrogens is 445 g/mol. The topological polar surface area (TPSA) is 27.6 Å². The van der Waals surface area contributed by atoms with Gasteiger partial charge in [0.25, 0.3) is 0 Å². The van der Waals surface area contributed by atoms with Crippen LogP contribution in [0.3, 0.4) is 0 Å². The minimum absolute atomic E-state index is 0.671. The monoisotopic (exact) mass is 467 g/mol. The van der Waals surface area contributed by atoms with Crippen molar-refractivity contribution in [3.05, 3.63) is 99.1 Å². The molecule has 1 aliphatic heterocycles. The Kier molecular flexibility index (Phi) is 5.72. The number of para-hydroxylation sites is 1. The lowest BCUT2D eigenvalue weighted by Gasteiger charge is -2.32. The summed E-state index contributed by atoms with van der Waals surface area (Å²) in [5.74, 6) is 0.942. The van der Waals surface area contributed by atoms with E-state index in [1.807, 2.05) is 6.07 Å². The highest BCUT2D eigenvalue weighted by molar-refractivity contribution is 14.1. The molecule has 4 heteroatoms. The van der Waals surface area contributed by atoms with Crippen LogP contribution in [0.5, 0.6) is 0 Å². The number of hydrogen-bond acceptors (Lipinski definition) is 1. The fourth-order valence-electron chi connectivity index (χ4n) is 3.33. The quantitative estimate of drug-likeness (QED) is 0.321. The minimum atomic E-state index is 0.671. The van der Waals surface area contributed by atoms with E-state index in [9.17, 15) is 0 Å². The van der Waals surface area contributed by atoms with E-state index in [-0.39, 0.29) is 0 Å². The Balaban J connectivity index is 1.61. The van der Waals surface area contributed by atoms with E-state index in [0.717, 1.165) is 31.2 Å². The zero-order valence-corrected chi connectivity index (χ0v) is 17.3. The van der Waals surface area contributed by atoms with Crippen molar-refractivity contribution in [3.8, 4) is 0 Å². The van der Waals surface area contributed by atoms with Gasteiger partial charge in [0.1, 0.15) is 0 Å². The second-order valence-corrected chi connectivity index (χ2v) is 7.83. The number of aliphatic imine (C=N–C) groups is 1. The van der Waals surface area contributed by atoms with Crippen LogP contribution >= 0.6 is 22.6 Å². The number of halogens is 1. The molecule has 27 heavy (non-hydrogen) atoms. The summed E-state index contributed by atoms with van der Waals surface area (Å²) >= 11 is 2.37. The zero-order valence-electron chi connectivity index (χ0n) is 15.1. The summed E-state index contributed by atoms with van der Waals surface area (Å²) in [5, 5.41) is 3.59. The zero-order chi connectivity index (χ0) is 18.5. The summed E-state index contributed by atoms with van der Waals surface area (Å²) in [5.41, 5.74) is 5.16. The Morgan fingerprint density at radius 3 is 2.41 bits per heavy atom. The van der Waals surface area contributed by atoms with E-state index in [1.165, 1.54) is 20.3 Å². The summed E-state index contributed by atoms with van der Waals surface area (Å²) in [6.07, 6.45) is 1.05. The second-order valence-electron chi connectivity index (χ2n) is 6.67. The van der Waals surface area contributed by atoms with Crippen molar-refractivity contribution >= 4 is 34.2 Å². The lowest BCUT2D eigenvalue weighted by Crippen LogP contribution is -2.40. The molecule has 1 aliphatic rings. The highest BCUT2D eigenvalue weighted by atomic mass is 127. The molecule has 0 amide bonds. The molecule has 0 saturated carbocycles. The molecule has 1 N–H and O–H groups in total. The number of hydrogen-bond donors (Lipinski definition) is 1. The first-order valence-electron chi connectivity index (χ1n) is 9.21. The molecule has 0 radical (unpaired) electrons. The molecule has 1 heterocycles. The molecule has 0 bridgehead atoms. The van der Waals surface area contributed by atoms with Gasteiger partial charge in [-0.3, -0.25) is 0 Å². The van der Waals surface area contributed by atoms with Crippen LogP contribution < -0.4 is 5.32 Å². The molecule has 3 aromatic rings. The molecule has 0 unspecified atom stereocenters. The Labute approximate surface area is 174 Å². The van der Waals surface area contributed by atoms with Crippen molar-refractivity contribution in [2.75, 3.05) is 11.9 Å². The van der Waals surface area contributed by atoms with Crippen molar-refractivity contribution in [3.63, 3.8) is 0 Å². The Bertz CT molecular complexity index is 937. The van der Waals surface area contributed by atoms with Gasteiger partial charge >= 0.3 is 0 Å². The number of fused-ring (bicyclic) bond motifs is 1. The second kappa shape index (κ2) is 8.57. The number of guanidine groups is 1. The van der Waals surface area contributed by atoms with Gasteiger partial charge in [-0.25, -0.2) is 4.99 Å². The Morgan fingerprint density at radius 1 is 0.889 bits per heavy atom. The first-order valence-corrected chi connectivity index (χ1v) is 10.3. The maximum atomic E-state index is 4.96. The predicted octanol–water partition coefficient (Wildman–Crippen LogP) is 5.32. The summed E-state index contributed by atoms with van der Waals surface area (Å²) < 4.78 is 1.19. The number of nitrogens with one attached hydrogen (secondary N) is 1. The maximum Gasteiger partial charge on any atom is 0.199 e. The maximum absolute atomic E-state index is 4.96. The van der Waals surface area contributed by atoms with E-state index < -0.39 is 0 Å². The molecule has 136 valence electrons. The van der Waals surface area contributed by atoms with Crippen molar-refractivity contribution in [1.82, 2.24) is 4.90 Å². The van der Waals surface area contributed by atoms with Crippen LogP contribution in [-0.4, -0.2) is 17.4 Å². The minimum Gasteiger partial charge on any atom is -0.338 e. The van der Waals surface area contributed by atoms with Gasteiger partial charge in [0, 0.05) is 16.7 Å². The summed E-state index contributed by atoms with van der Waals surface area (Å²) in [6.45, 7) is 2.53. The average Bonchev–Trinajstić information content (AvgIpc) is 2.73. The first-order chi connectivity index (χ1) is 13.3. The van der Waals surface area contributed by atoms with Crippen LogP contribution in [0.25, 0.3) is 0 Å². The number of nitrogens with zero attached hydrogens (tertiary/aromatic N) is 2. The summed E-state index contributed by atoms with van der Waals surface area (Å²) in [6, 6.07) is 27.5. The lowest BCUT2D eigenvalue weighted by atomic mass is 10.0. The third-order valence-corrected chi connectivity index (χ3v) is 5.75. The molecule has 4 rings (SSSR count). The molecular formula is C23H22IN3. The van der Waals surface area contributed by atoms with Gasteiger partial charge in [-0.1, -0.05) is 66.7 Å². The van der Waals surface area contributed by atoms with E-state index in [4.69, 9.17) is 4.99 Å². The van der Waals surface area contributed by atoms with Crippen LogP contribution in [-0.2, 0) is 19.5 Å². The number of anilines is 1. The van der Waals surface area contributed by atoms with Crippen molar-refractivity contribution in [2.45, 2.75) is 19.5 Å². The van der Waals surface area contributed by atoms with E-state index in [1.54, 1.807) is 0 Å². The molecule has 0 atom stereocenters. The highest BCUT2D eigenvalue weighted by Gasteiger charge is 2.19. The van der Waals surface area contributed by atoms with Crippen LogP contribution in [0.4, 0.5) is 5.69 Å². The van der Waals surface area contributed by atoms with Crippen LogP contribution in [0.2, 0.25) is 0 Å². The molecule has 0 aromatic heterocycles. The predicted molar refractivity (Wildman–Crippen MR) is 121 cm³/mol. The van der Waals surface area contributed by atoms with Crippen LogP contribution in [0.15, 0.2) is 83.9 Å². The van der Waals surface area contributed by atoms with Gasteiger partial charge in [0.05, 0.1) is 12.2 Å². The van der Waals surface area contributed by atoms with E-state index in [2.05, 4.69) is 106 Å². The molecule has 0 spiro atoms. The number of rotatable bonds is 3. The molecule has 0 aliphatic carbocycles. The highest BCUT2D eigenvalue weighted by Crippen LogP contribution is 2.22. The smallest absolute Gasteiger partial charge is 0.199 e. The van der Waals surface area contributed by atoms with E-state index in [0.29, 0.717) is 6.54 Å². The van der Waals surface area contributed by atoms with Gasteiger partial charge in [0.2, 0.25) is 0 Å². The van der Waals surface area contributed by atoms with Gasteiger partial charge < -0.3 is 10.2 Å². The molecule has 0 saturated heterocycles. The third kappa shape index (κ3) is 4.50. The molecule has 0 fully saturated rings. The average molecular weight is 467 g/mol. The molecule has 3 aromatic carbocycles. The Morgan fingerprint density at radius 2 is 1.59 bits per heavy atom. The normalized spacial score (nSPS) is 14.0. The SMILES string of the molecule is Ic1ccccc1NC(=NCc1ccccc1)N1CCc2ccccc2C1. The van der Waals surface area contributed by atoms with Gasteiger partial charge in [-0.15, -0.1) is 0 Å². The first kappa shape index (κ1) is 18.0. The van der Waals surface area contributed by atoms with Crippen LogP contribution in [0, 0.1) is 3.57 Å². The van der Waals surface area contributed by atoms with Crippen molar-refractivity contribution in [2.24, 2.45) is 4.99 Å². The van der Waals surface area contributed by atoms with Gasteiger partial charge in [-0.2, -0.15) is 0 Å². The fraction of sp³-hybridized carbons (Fsp3) is 0.174. The number of benzene rings is 3. The van der Waals surface area contributed by atoms with Crippen molar-refractivity contribution < 1.29 is 0 Å². The summed E-state index contributed by atoms with van der Waals surface area (Å²) in [7, 11) is 0. The fourth-order valence-corrected chi connectivity index (χ4v) is 3.85. The third-order valence-electron chi connectivity index (χ3n) is 4.80.